The average Bonchev–Trinajstić information content (AvgIpc) is 3.03. The van der Waals surface area contributed by atoms with Gasteiger partial charge >= 0.3 is 6.09 Å². The van der Waals surface area contributed by atoms with Crippen molar-refractivity contribution in [3.8, 4) is 0 Å². The highest BCUT2D eigenvalue weighted by Crippen LogP contribution is 2.32. The van der Waals surface area contributed by atoms with Gasteiger partial charge in [0.1, 0.15) is 22.6 Å². The van der Waals surface area contributed by atoms with E-state index < -0.39 is 5.60 Å². The molecule has 0 aliphatic carbocycles. The minimum absolute atomic E-state index is 0.166. The summed E-state index contributed by atoms with van der Waals surface area (Å²) in [6.45, 7) is 6.94. The largest absolute Gasteiger partial charge is 0.444 e. The first-order chi connectivity index (χ1) is 10.8. The summed E-state index contributed by atoms with van der Waals surface area (Å²) in [7, 11) is 0. The van der Waals surface area contributed by atoms with Gasteiger partial charge in [-0.1, -0.05) is 0 Å². The van der Waals surface area contributed by atoms with E-state index >= 15 is 0 Å². The first kappa shape index (κ1) is 16.4. The number of hydrogen-bond donors (Lipinski definition) is 1. The molecule has 1 aliphatic rings. The number of amides is 1. The van der Waals surface area contributed by atoms with Crippen molar-refractivity contribution in [3.05, 3.63) is 16.2 Å². The third-order valence-electron chi connectivity index (χ3n) is 3.48. The minimum atomic E-state index is -0.468. The highest BCUT2D eigenvalue weighted by atomic mass is 79.9. The predicted octanol–water partition coefficient (Wildman–Crippen LogP) is 3.88. The molecular formula is C15H19BrN4O2S. The topological polar surface area (TPSA) is 67.3 Å². The Kier molecular flexibility index (Phi) is 4.46. The van der Waals surface area contributed by atoms with Gasteiger partial charge in [-0.15, -0.1) is 11.3 Å². The fourth-order valence-corrected chi connectivity index (χ4v) is 3.92. The quantitative estimate of drug-likeness (QED) is 0.830. The summed E-state index contributed by atoms with van der Waals surface area (Å²) in [5.41, 5.74) is -0.468. The zero-order valence-electron chi connectivity index (χ0n) is 13.3. The zero-order chi connectivity index (χ0) is 16.6. The van der Waals surface area contributed by atoms with Gasteiger partial charge in [0.05, 0.1) is 9.17 Å². The monoisotopic (exact) mass is 398 g/mol. The molecule has 23 heavy (non-hydrogen) atoms. The third kappa shape index (κ3) is 3.92. The molecule has 3 rings (SSSR count). The van der Waals surface area contributed by atoms with Crippen LogP contribution in [-0.2, 0) is 4.74 Å². The van der Waals surface area contributed by atoms with Crippen LogP contribution >= 0.6 is 27.3 Å². The van der Waals surface area contributed by atoms with Crippen molar-refractivity contribution >= 4 is 49.4 Å². The number of carbonyl (C=O) groups excluding carboxylic acids is 1. The molecule has 0 spiro atoms. The number of thiophene rings is 1. The van der Waals surface area contributed by atoms with E-state index in [9.17, 15) is 4.79 Å². The highest BCUT2D eigenvalue weighted by Gasteiger charge is 2.30. The van der Waals surface area contributed by atoms with Gasteiger partial charge in [-0.05, 0) is 49.2 Å². The van der Waals surface area contributed by atoms with Crippen LogP contribution < -0.4 is 5.32 Å². The minimum Gasteiger partial charge on any atom is -0.444 e. The lowest BCUT2D eigenvalue weighted by Crippen LogP contribution is -2.36. The van der Waals surface area contributed by atoms with Crippen LogP contribution in [0.3, 0.4) is 0 Å². The van der Waals surface area contributed by atoms with Crippen LogP contribution in [0.4, 0.5) is 10.6 Å². The standard InChI is InChI=1S/C15H19BrN4O2S/c1-15(2,3)22-14(21)20-5-4-9(7-20)19-12-10-6-11(16)23-13(10)18-8-17-12/h6,8-9H,4-5,7H2,1-3H3,(H,17,18,19)/t9-/m0/s1. The molecule has 1 atom stereocenters. The molecule has 0 radical (unpaired) electrons. The Morgan fingerprint density at radius 1 is 1.48 bits per heavy atom. The summed E-state index contributed by atoms with van der Waals surface area (Å²) in [5, 5.41) is 4.43. The van der Waals surface area contributed by atoms with E-state index in [-0.39, 0.29) is 12.1 Å². The Labute approximate surface area is 147 Å². The fraction of sp³-hybridized carbons (Fsp3) is 0.533. The second kappa shape index (κ2) is 6.24. The third-order valence-corrected chi connectivity index (χ3v) is 5.03. The van der Waals surface area contributed by atoms with Crippen LogP contribution in [0.5, 0.6) is 0 Å². The fourth-order valence-electron chi connectivity index (χ4n) is 2.50. The van der Waals surface area contributed by atoms with E-state index in [4.69, 9.17) is 4.74 Å². The first-order valence-electron chi connectivity index (χ1n) is 7.46. The SMILES string of the molecule is CC(C)(C)OC(=O)N1CC[C@H](Nc2ncnc3sc(Br)cc23)C1. The summed E-state index contributed by atoms with van der Waals surface area (Å²) in [6.07, 6.45) is 2.18. The normalized spacial score (nSPS) is 18.4. The number of hydrogen-bond acceptors (Lipinski definition) is 6. The van der Waals surface area contributed by atoms with E-state index in [2.05, 4.69) is 31.2 Å². The van der Waals surface area contributed by atoms with Gasteiger partial charge in [0, 0.05) is 19.1 Å². The van der Waals surface area contributed by atoms with Crippen LogP contribution in [-0.4, -0.2) is 45.7 Å². The molecule has 3 heterocycles. The number of rotatable bonds is 2. The molecule has 1 aliphatic heterocycles. The second-order valence-corrected chi connectivity index (χ2v) is 8.96. The molecule has 0 aromatic carbocycles. The van der Waals surface area contributed by atoms with Gasteiger partial charge in [-0.2, -0.15) is 0 Å². The maximum absolute atomic E-state index is 12.1. The van der Waals surface area contributed by atoms with Crippen LogP contribution in [0.25, 0.3) is 10.2 Å². The molecule has 1 saturated heterocycles. The molecular weight excluding hydrogens is 380 g/mol. The van der Waals surface area contributed by atoms with Crippen molar-refractivity contribution < 1.29 is 9.53 Å². The van der Waals surface area contributed by atoms with Crippen LogP contribution in [0.1, 0.15) is 27.2 Å². The number of nitrogens with one attached hydrogen (secondary N) is 1. The number of likely N-dealkylation sites (tertiary alicyclic amines) is 1. The highest BCUT2D eigenvalue weighted by molar-refractivity contribution is 9.11. The Morgan fingerprint density at radius 2 is 2.26 bits per heavy atom. The van der Waals surface area contributed by atoms with Crippen molar-refractivity contribution in [2.75, 3.05) is 18.4 Å². The summed E-state index contributed by atoms with van der Waals surface area (Å²) in [5.74, 6) is 0.813. The number of nitrogens with zero attached hydrogens (tertiary/aromatic N) is 3. The molecule has 0 unspecified atom stereocenters. The zero-order valence-corrected chi connectivity index (χ0v) is 15.7. The second-order valence-electron chi connectivity index (χ2n) is 6.55. The summed E-state index contributed by atoms with van der Waals surface area (Å²) in [6, 6.07) is 2.18. The summed E-state index contributed by atoms with van der Waals surface area (Å²) >= 11 is 5.06. The van der Waals surface area contributed by atoms with E-state index in [0.717, 1.165) is 26.2 Å². The number of fused-ring (bicyclic) bond motifs is 1. The van der Waals surface area contributed by atoms with E-state index in [1.807, 2.05) is 26.8 Å². The molecule has 124 valence electrons. The maximum Gasteiger partial charge on any atom is 0.410 e. The van der Waals surface area contributed by atoms with Gasteiger partial charge in [0.15, 0.2) is 0 Å². The molecule has 1 fully saturated rings. The van der Waals surface area contributed by atoms with Crippen molar-refractivity contribution in [1.82, 2.24) is 14.9 Å². The van der Waals surface area contributed by atoms with E-state index in [0.29, 0.717) is 13.1 Å². The van der Waals surface area contributed by atoms with Gasteiger partial charge in [0.2, 0.25) is 0 Å². The molecule has 1 N–H and O–H groups in total. The van der Waals surface area contributed by atoms with Crippen LogP contribution in [0, 0.1) is 0 Å². The molecule has 2 aromatic heterocycles. The summed E-state index contributed by atoms with van der Waals surface area (Å²) < 4.78 is 6.45. The first-order valence-corrected chi connectivity index (χ1v) is 9.07. The lowest BCUT2D eigenvalue weighted by atomic mass is 10.2. The number of aromatic nitrogens is 2. The predicted molar refractivity (Wildman–Crippen MR) is 94.9 cm³/mol. The van der Waals surface area contributed by atoms with E-state index in [1.165, 1.54) is 0 Å². The number of halogens is 1. The molecule has 1 amide bonds. The van der Waals surface area contributed by atoms with Crippen molar-refractivity contribution in [1.29, 1.82) is 0 Å². The number of carbonyl (C=O) groups is 1. The van der Waals surface area contributed by atoms with Gasteiger partial charge in [-0.25, -0.2) is 14.8 Å². The molecule has 8 heteroatoms. The number of ether oxygens (including phenoxy) is 1. The van der Waals surface area contributed by atoms with Crippen LogP contribution in [0.2, 0.25) is 0 Å². The van der Waals surface area contributed by atoms with Crippen molar-refractivity contribution in [2.24, 2.45) is 0 Å². The molecule has 6 nitrogen and oxygen atoms in total. The smallest absolute Gasteiger partial charge is 0.410 e. The van der Waals surface area contributed by atoms with Gasteiger partial charge < -0.3 is 15.0 Å². The Bertz CT molecular complexity index is 728. The van der Waals surface area contributed by atoms with Crippen molar-refractivity contribution in [3.63, 3.8) is 0 Å². The van der Waals surface area contributed by atoms with Gasteiger partial charge in [-0.3, -0.25) is 0 Å². The van der Waals surface area contributed by atoms with Gasteiger partial charge in [0.25, 0.3) is 0 Å². The Hall–Kier alpha value is -1.41. The number of anilines is 1. The van der Waals surface area contributed by atoms with Crippen molar-refractivity contribution in [2.45, 2.75) is 38.8 Å². The molecule has 0 saturated carbocycles. The summed E-state index contributed by atoms with van der Waals surface area (Å²) in [4.78, 5) is 23.4. The van der Waals surface area contributed by atoms with E-state index in [1.54, 1.807) is 22.6 Å². The Balaban J connectivity index is 1.66. The lowest BCUT2D eigenvalue weighted by Gasteiger charge is -2.24. The Morgan fingerprint density at radius 3 is 3.00 bits per heavy atom. The molecule has 2 aromatic rings. The van der Waals surface area contributed by atoms with Crippen LogP contribution in [0.15, 0.2) is 16.2 Å². The molecule has 0 bridgehead atoms. The average molecular weight is 399 g/mol. The lowest BCUT2D eigenvalue weighted by molar-refractivity contribution is 0.0293. The maximum atomic E-state index is 12.1.